The number of carboxylic acid groups (broad SMARTS) is 1. The number of fused-ring (bicyclic) bond motifs is 2. The van der Waals surface area contributed by atoms with Gasteiger partial charge in [0, 0.05) is 20.0 Å². The number of nitrogens with zero attached hydrogens (tertiary/aromatic N) is 3. The van der Waals surface area contributed by atoms with E-state index in [9.17, 15) is 14.4 Å². The lowest BCUT2D eigenvalue weighted by atomic mass is 10.2. The molecule has 0 saturated carbocycles. The van der Waals surface area contributed by atoms with Gasteiger partial charge in [0.2, 0.25) is 0 Å². The SMILES string of the molecule is Cc1c(C(=O)N(C)CC(=O)O)sc2nc3n(c(=O)c12)CCCCC3. The standard InChI is InChI=1S/C16H19N3O4S/c1-9-12-14(24-13(9)16(23)18(2)8-11(20)21)17-10-6-4-3-5-7-19(10)15(12)22/h3-8H2,1-2H3,(H,20,21). The maximum Gasteiger partial charge on any atom is 0.323 e. The van der Waals surface area contributed by atoms with Crippen LogP contribution in [-0.4, -0.2) is 45.0 Å². The fourth-order valence-electron chi connectivity index (χ4n) is 3.06. The van der Waals surface area contributed by atoms with E-state index < -0.39 is 11.9 Å². The molecule has 24 heavy (non-hydrogen) atoms. The summed E-state index contributed by atoms with van der Waals surface area (Å²) in [4.78, 5) is 42.9. The number of carboxylic acids is 1. The molecule has 0 fully saturated rings. The van der Waals surface area contributed by atoms with Crippen molar-refractivity contribution in [1.82, 2.24) is 14.5 Å². The maximum atomic E-state index is 12.8. The van der Waals surface area contributed by atoms with Gasteiger partial charge in [0.1, 0.15) is 17.2 Å². The molecule has 1 N–H and O–H groups in total. The van der Waals surface area contributed by atoms with Crippen LogP contribution in [0.1, 0.15) is 40.3 Å². The first-order valence-electron chi connectivity index (χ1n) is 7.90. The second-order valence-corrected chi connectivity index (χ2v) is 7.09. The van der Waals surface area contributed by atoms with Crippen LogP contribution in [0.2, 0.25) is 0 Å². The summed E-state index contributed by atoms with van der Waals surface area (Å²) in [5.74, 6) is -0.684. The van der Waals surface area contributed by atoms with Crippen molar-refractivity contribution in [2.75, 3.05) is 13.6 Å². The molecule has 8 heteroatoms. The molecule has 128 valence electrons. The second kappa shape index (κ2) is 6.35. The average Bonchev–Trinajstić information content (AvgIpc) is 2.70. The number of hydrogen-bond donors (Lipinski definition) is 1. The van der Waals surface area contributed by atoms with Gasteiger partial charge in [0.15, 0.2) is 0 Å². The van der Waals surface area contributed by atoms with Crippen LogP contribution in [0.5, 0.6) is 0 Å². The minimum atomic E-state index is -1.07. The van der Waals surface area contributed by atoms with Crippen LogP contribution in [-0.2, 0) is 17.8 Å². The highest BCUT2D eigenvalue weighted by Gasteiger charge is 2.24. The van der Waals surface area contributed by atoms with Crippen LogP contribution in [0.4, 0.5) is 0 Å². The van der Waals surface area contributed by atoms with Crippen molar-refractivity contribution < 1.29 is 14.7 Å². The third-order valence-electron chi connectivity index (χ3n) is 4.32. The highest BCUT2D eigenvalue weighted by Crippen LogP contribution is 2.29. The molecule has 0 atom stereocenters. The zero-order chi connectivity index (χ0) is 17.4. The lowest BCUT2D eigenvalue weighted by Crippen LogP contribution is -2.31. The molecule has 0 aliphatic carbocycles. The van der Waals surface area contributed by atoms with Gasteiger partial charge < -0.3 is 10.0 Å². The Kier molecular flexibility index (Phi) is 4.40. The van der Waals surface area contributed by atoms with Crippen LogP contribution in [0.15, 0.2) is 4.79 Å². The molecular weight excluding hydrogens is 330 g/mol. The minimum Gasteiger partial charge on any atom is -0.480 e. The third-order valence-corrected chi connectivity index (χ3v) is 5.50. The van der Waals surface area contributed by atoms with Gasteiger partial charge >= 0.3 is 5.97 Å². The summed E-state index contributed by atoms with van der Waals surface area (Å²) in [7, 11) is 1.44. The van der Waals surface area contributed by atoms with Crippen molar-refractivity contribution in [3.05, 3.63) is 26.6 Å². The maximum absolute atomic E-state index is 12.8. The van der Waals surface area contributed by atoms with Gasteiger partial charge in [0.25, 0.3) is 11.5 Å². The van der Waals surface area contributed by atoms with Crippen molar-refractivity contribution in [1.29, 1.82) is 0 Å². The summed E-state index contributed by atoms with van der Waals surface area (Å²) < 4.78 is 1.73. The topological polar surface area (TPSA) is 92.5 Å². The van der Waals surface area contributed by atoms with Gasteiger partial charge in [0.05, 0.1) is 10.3 Å². The van der Waals surface area contributed by atoms with E-state index in [1.54, 1.807) is 11.5 Å². The van der Waals surface area contributed by atoms with Crippen molar-refractivity contribution in [2.24, 2.45) is 0 Å². The number of carbonyl (C=O) groups is 2. The molecular formula is C16H19N3O4S. The van der Waals surface area contributed by atoms with Gasteiger partial charge in [-0.25, -0.2) is 4.98 Å². The number of hydrogen-bond acceptors (Lipinski definition) is 5. The smallest absolute Gasteiger partial charge is 0.323 e. The number of carbonyl (C=O) groups excluding carboxylic acids is 1. The first-order chi connectivity index (χ1) is 11.4. The van der Waals surface area contributed by atoms with Crippen LogP contribution in [0.3, 0.4) is 0 Å². The van der Waals surface area contributed by atoms with Crippen molar-refractivity contribution in [3.8, 4) is 0 Å². The number of aryl methyl sites for hydroxylation is 2. The van der Waals surface area contributed by atoms with Gasteiger partial charge in [-0.2, -0.15) is 0 Å². The predicted molar refractivity (Wildman–Crippen MR) is 90.8 cm³/mol. The lowest BCUT2D eigenvalue weighted by molar-refractivity contribution is -0.137. The first-order valence-corrected chi connectivity index (χ1v) is 8.72. The normalized spacial score (nSPS) is 14.2. The van der Waals surface area contributed by atoms with Crippen LogP contribution < -0.4 is 5.56 Å². The van der Waals surface area contributed by atoms with E-state index in [0.717, 1.165) is 36.4 Å². The third kappa shape index (κ3) is 2.82. The summed E-state index contributed by atoms with van der Waals surface area (Å²) in [5, 5.41) is 9.33. The molecule has 0 aromatic carbocycles. The molecule has 1 aliphatic heterocycles. The molecule has 0 saturated heterocycles. The van der Waals surface area contributed by atoms with E-state index in [1.165, 1.54) is 18.4 Å². The molecule has 2 aromatic heterocycles. The molecule has 1 amide bonds. The summed E-state index contributed by atoms with van der Waals surface area (Å²) >= 11 is 1.17. The summed E-state index contributed by atoms with van der Waals surface area (Å²) in [6.07, 6.45) is 3.81. The monoisotopic (exact) mass is 349 g/mol. The molecule has 3 heterocycles. The second-order valence-electron chi connectivity index (χ2n) is 6.09. The minimum absolute atomic E-state index is 0.0920. The van der Waals surface area contributed by atoms with Crippen LogP contribution >= 0.6 is 11.3 Å². The van der Waals surface area contributed by atoms with E-state index in [2.05, 4.69) is 4.98 Å². The Labute approximate surface area is 142 Å². The van der Waals surface area contributed by atoms with E-state index in [1.807, 2.05) is 0 Å². The van der Waals surface area contributed by atoms with Gasteiger partial charge in [-0.05, 0) is 25.3 Å². The van der Waals surface area contributed by atoms with Crippen LogP contribution in [0.25, 0.3) is 10.2 Å². The Bertz CT molecular complexity index is 884. The highest BCUT2D eigenvalue weighted by atomic mass is 32.1. The molecule has 1 aliphatic rings. The lowest BCUT2D eigenvalue weighted by Gasteiger charge is -2.13. The quantitative estimate of drug-likeness (QED) is 0.909. The van der Waals surface area contributed by atoms with Crippen molar-refractivity contribution in [3.63, 3.8) is 0 Å². The summed E-state index contributed by atoms with van der Waals surface area (Å²) in [6, 6.07) is 0. The number of thiophene rings is 1. The van der Waals surface area contributed by atoms with E-state index in [0.29, 0.717) is 27.2 Å². The molecule has 2 aromatic rings. The molecule has 0 spiro atoms. The van der Waals surface area contributed by atoms with E-state index >= 15 is 0 Å². The van der Waals surface area contributed by atoms with Crippen molar-refractivity contribution in [2.45, 2.75) is 39.2 Å². The number of amides is 1. The van der Waals surface area contributed by atoms with Crippen molar-refractivity contribution >= 4 is 33.4 Å². The van der Waals surface area contributed by atoms with Gasteiger partial charge in [-0.3, -0.25) is 19.0 Å². The average molecular weight is 349 g/mol. The Balaban J connectivity index is 2.11. The van der Waals surface area contributed by atoms with Crippen LogP contribution in [0, 0.1) is 6.92 Å². The number of rotatable bonds is 3. The number of aromatic nitrogens is 2. The Morgan fingerprint density at radius 1 is 1.33 bits per heavy atom. The number of likely N-dealkylation sites (N-methyl/N-ethyl adjacent to an activating group) is 1. The van der Waals surface area contributed by atoms with Gasteiger partial charge in [-0.15, -0.1) is 11.3 Å². The number of aliphatic carboxylic acids is 1. The Morgan fingerprint density at radius 2 is 2.08 bits per heavy atom. The molecule has 0 bridgehead atoms. The summed E-state index contributed by atoms with van der Waals surface area (Å²) in [5.41, 5.74) is 0.500. The van der Waals surface area contributed by atoms with E-state index in [4.69, 9.17) is 5.11 Å². The predicted octanol–water partition coefficient (Wildman–Crippen LogP) is 1.65. The summed E-state index contributed by atoms with van der Waals surface area (Å²) in [6.45, 7) is 2.01. The molecule has 0 radical (unpaired) electrons. The Hall–Kier alpha value is -2.22. The molecule has 0 unspecified atom stereocenters. The fraction of sp³-hybridized carbons (Fsp3) is 0.500. The zero-order valence-corrected chi connectivity index (χ0v) is 14.5. The first kappa shape index (κ1) is 16.6. The van der Waals surface area contributed by atoms with Gasteiger partial charge in [-0.1, -0.05) is 6.42 Å². The largest absolute Gasteiger partial charge is 0.480 e. The highest BCUT2D eigenvalue weighted by molar-refractivity contribution is 7.20. The Morgan fingerprint density at radius 3 is 2.79 bits per heavy atom. The zero-order valence-electron chi connectivity index (χ0n) is 13.7. The molecule has 7 nitrogen and oxygen atoms in total. The fourth-order valence-corrected chi connectivity index (χ4v) is 4.25. The van der Waals surface area contributed by atoms with E-state index in [-0.39, 0.29) is 12.1 Å². The molecule has 3 rings (SSSR count).